The molecule has 0 saturated carbocycles. The predicted octanol–water partition coefficient (Wildman–Crippen LogP) is 5.35. The molecule has 2 heterocycles. The molecule has 5 aromatic carbocycles. The summed E-state index contributed by atoms with van der Waals surface area (Å²) in [5.41, 5.74) is 5.30. The van der Waals surface area contributed by atoms with E-state index in [2.05, 4.69) is 60.4 Å². The Hall–Kier alpha value is -3.82. The zero-order chi connectivity index (χ0) is 27.6. The van der Waals surface area contributed by atoms with E-state index in [1.807, 2.05) is 72.8 Å². The SMILES string of the molecule is Cc1cc2c3c(c1)P(=S)(c1ccccc1)c1cc(C#N)ccc1N3c1ccc(C#N)cc1P2(=S)c1ccccc1. The van der Waals surface area contributed by atoms with Crippen LogP contribution in [0, 0.1) is 29.6 Å². The molecule has 40 heavy (non-hydrogen) atoms. The number of nitriles is 2. The molecule has 7 heteroatoms. The number of hydrogen-bond acceptors (Lipinski definition) is 5. The van der Waals surface area contributed by atoms with Crippen molar-refractivity contribution in [1.29, 1.82) is 10.5 Å². The maximum atomic E-state index is 9.88. The molecule has 0 radical (unpaired) electrons. The number of nitrogens with zero attached hydrogens (tertiary/aromatic N) is 3. The summed E-state index contributed by atoms with van der Waals surface area (Å²) in [6.07, 6.45) is 0. The van der Waals surface area contributed by atoms with Crippen molar-refractivity contribution in [2.45, 2.75) is 6.92 Å². The quantitative estimate of drug-likeness (QED) is 0.256. The van der Waals surface area contributed by atoms with Crippen LogP contribution in [0.1, 0.15) is 16.7 Å². The van der Waals surface area contributed by atoms with Crippen LogP contribution in [0.4, 0.5) is 17.1 Å². The fourth-order valence-corrected chi connectivity index (χ4v) is 14.8. The first-order valence-corrected chi connectivity index (χ1v) is 18.4. The van der Waals surface area contributed by atoms with Crippen LogP contribution >= 0.6 is 12.1 Å². The topological polar surface area (TPSA) is 50.8 Å². The summed E-state index contributed by atoms with van der Waals surface area (Å²) >= 11 is 13.6. The molecule has 0 saturated heterocycles. The lowest BCUT2D eigenvalue weighted by molar-refractivity contribution is 1.30. The Morgan fingerprint density at radius 3 is 1.40 bits per heavy atom. The third-order valence-corrected chi connectivity index (χ3v) is 17.5. The maximum absolute atomic E-state index is 9.88. The third-order valence-electron chi connectivity index (χ3n) is 7.73. The molecule has 2 atom stereocenters. The van der Waals surface area contributed by atoms with E-state index in [0.717, 1.165) is 54.5 Å². The van der Waals surface area contributed by atoms with E-state index in [1.165, 1.54) is 0 Å². The van der Waals surface area contributed by atoms with E-state index in [1.54, 1.807) is 0 Å². The smallest absolute Gasteiger partial charge is 0.0991 e. The molecule has 0 aliphatic carbocycles. The second-order valence-corrected chi connectivity index (χ2v) is 18.7. The van der Waals surface area contributed by atoms with Gasteiger partial charge in [-0.05, 0) is 71.6 Å². The normalized spacial score (nSPS) is 19.9. The Bertz CT molecular complexity index is 1910. The van der Waals surface area contributed by atoms with Crippen LogP contribution in [0.3, 0.4) is 0 Å². The van der Waals surface area contributed by atoms with Crippen molar-refractivity contribution in [2.75, 3.05) is 4.90 Å². The van der Waals surface area contributed by atoms with Gasteiger partial charge in [-0.1, -0.05) is 84.3 Å². The van der Waals surface area contributed by atoms with E-state index in [9.17, 15) is 10.5 Å². The molecule has 0 fully saturated rings. The van der Waals surface area contributed by atoms with Gasteiger partial charge < -0.3 is 4.90 Å². The van der Waals surface area contributed by atoms with E-state index < -0.39 is 12.1 Å². The summed E-state index contributed by atoms with van der Waals surface area (Å²) in [7, 11) is 0. The summed E-state index contributed by atoms with van der Waals surface area (Å²) in [5, 5.41) is 26.2. The summed E-state index contributed by atoms with van der Waals surface area (Å²) < 4.78 is 0. The van der Waals surface area contributed by atoms with Gasteiger partial charge in [0.2, 0.25) is 0 Å². The average molecular weight is 586 g/mol. The van der Waals surface area contributed by atoms with Crippen LogP contribution in [0.25, 0.3) is 0 Å². The summed E-state index contributed by atoms with van der Waals surface area (Å²) in [4.78, 5) is 2.29. The van der Waals surface area contributed by atoms with Crippen LogP contribution in [0.15, 0.2) is 109 Å². The maximum Gasteiger partial charge on any atom is 0.0991 e. The minimum Gasteiger partial charge on any atom is -0.308 e. The molecule has 2 aliphatic rings. The molecular weight excluding hydrogens is 564 g/mol. The van der Waals surface area contributed by atoms with Crippen molar-refractivity contribution in [3.63, 3.8) is 0 Å². The summed E-state index contributed by atoms with van der Waals surface area (Å²) in [6.45, 7) is 2.11. The second kappa shape index (κ2) is 9.11. The van der Waals surface area contributed by atoms with Gasteiger partial charge in [-0.3, -0.25) is 0 Å². The molecule has 2 unspecified atom stereocenters. The van der Waals surface area contributed by atoms with Crippen LogP contribution in [0.5, 0.6) is 0 Å². The summed E-state index contributed by atoms with van der Waals surface area (Å²) in [5.74, 6) is 0. The third kappa shape index (κ3) is 3.34. The van der Waals surface area contributed by atoms with Crippen molar-refractivity contribution in [2.24, 2.45) is 0 Å². The molecule has 0 spiro atoms. The molecule has 0 N–H and O–H groups in total. The number of aryl methyl sites for hydroxylation is 1. The molecule has 5 aromatic rings. The second-order valence-electron chi connectivity index (χ2n) is 10.0. The Balaban J connectivity index is 1.70. The molecule has 190 valence electrons. The first-order chi connectivity index (χ1) is 19.4. The van der Waals surface area contributed by atoms with Gasteiger partial charge in [-0.2, -0.15) is 10.5 Å². The number of benzene rings is 5. The van der Waals surface area contributed by atoms with Gasteiger partial charge in [0.25, 0.3) is 0 Å². The average Bonchev–Trinajstić information content (AvgIpc) is 3.01. The van der Waals surface area contributed by atoms with Crippen LogP contribution in [-0.2, 0) is 23.6 Å². The molecule has 0 amide bonds. The molecular formula is C33H21N3P2S2. The molecule has 7 rings (SSSR count). The highest BCUT2D eigenvalue weighted by molar-refractivity contribution is 8.27. The predicted molar refractivity (Wildman–Crippen MR) is 175 cm³/mol. The van der Waals surface area contributed by atoms with Gasteiger partial charge in [0.05, 0.1) is 40.3 Å². The Labute approximate surface area is 244 Å². The Kier molecular flexibility index (Phi) is 5.73. The fourth-order valence-electron chi connectivity index (χ4n) is 5.98. The zero-order valence-electron chi connectivity index (χ0n) is 21.4. The molecule has 3 nitrogen and oxygen atoms in total. The highest BCUT2D eigenvalue weighted by atomic mass is 32.4. The number of anilines is 3. The minimum atomic E-state index is -2.57. The molecule has 0 bridgehead atoms. The molecule has 2 aliphatic heterocycles. The Morgan fingerprint density at radius 2 is 1.00 bits per heavy atom. The van der Waals surface area contributed by atoms with Crippen LogP contribution in [0.2, 0.25) is 0 Å². The zero-order valence-corrected chi connectivity index (χ0v) is 24.9. The number of hydrogen-bond donors (Lipinski definition) is 0. The standard InChI is InChI=1S/C33H21N3P2S2/c1-22-16-31-33-32(17-22)38(40,26-10-6-3-7-11-26)30-19-24(21-35)13-15-28(30)36(33)27-14-12-23(20-34)18-29(27)37(31,39)25-8-4-2-5-9-25/h2-19H,1H3. The van der Waals surface area contributed by atoms with E-state index in [4.69, 9.17) is 23.6 Å². The van der Waals surface area contributed by atoms with Gasteiger partial charge in [0.15, 0.2) is 0 Å². The van der Waals surface area contributed by atoms with E-state index in [-0.39, 0.29) is 0 Å². The van der Waals surface area contributed by atoms with Crippen molar-refractivity contribution in [1.82, 2.24) is 0 Å². The highest BCUT2D eigenvalue weighted by Gasteiger charge is 2.46. The largest absolute Gasteiger partial charge is 0.308 e. The monoisotopic (exact) mass is 585 g/mol. The van der Waals surface area contributed by atoms with E-state index >= 15 is 0 Å². The van der Waals surface area contributed by atoms with Crippen molar-refractivity contribution in [3.8, 4) is 12.1 Å². The van der Waals surface area contributed by atoms with Gasteiger partial charge >= 0.3 is 0 Å². The van der Waals surface area contributed by atoms with Gasteiger partial charge in [-0.25, -0.2) is 0 Å². The first kappa shape index (κ1) is 25.2. The van der Waals surface area contributed by atoms with Gasteiger partial charge in [0.1, 0.15) is 0 Å². The first-order valence-electron chi connectivity index (χ1n) is 12.8. The number of rotatable bonds is 2. The molecule has 0 aromatic heterocycles. The fraction of sp³-hybridized carbons (Fsp3) is 0.0303. The summed E-state index contributed by atoms with van der Waals surface area (Å²) in [6, 6.07) is 36.4. The van der Waals surface area contributed by atoms with Gasteiger partial charge in [0, 0.05) is 33.3 Å². The van der Waals surface area contributed by atoms with E-state index in [0.29, 0.717) is 11.1 Å². The van der Waals surface area contributed by atoms with Crippen LogP contribution in [-0.4, -0.2) is 0 Å². The van der Waals surface area contributed by atoms with Gasteiger partial charge in [-0.15, -0.1) is 0 Å². The lowest BCUT2D eigenvalue weighted by Gasteiger charge is -2.47. The Morgan fingerprint density at radius 1 is 0.575 bits per heavy atom. The highest BCUT2D eigenvalue weighted by Crippen LogP contribution is 2.60. The van der Waals surface area contributed by atoms with Crippen molar-refractivity contribution < 1.29 is 0 Å². The lowest BCUT2D eigenvalue weighted by atomic mass is 10.1. The van der Waals surface area contributed by atoms with Crippen LogP contribution < -0.4 is 36.7 Å². The van der Waals surface area contributed by atoms with Crippen molar-refractivity contribution in [3.05, 3.63) is 126 Å². The van der Waals surface area contributed by atoms with Crippen molar-refractivity contribution >= 4 is 84.6 Å². The minimum absolute atomic E-state index is 0.590. The lowest BCUT2D eigenvalue weighted by Crippen LogP contribution is -2.46. The number of fused-ring (bicyclic) bond motifs is 4.